The van der Waals surface area contributed by atoms with Crippen molar-refractivity contribution in [2.75, 3.05) is 0 Å². The summed E-state index contributed by atoms with van der Waals surface area (Å²) in [6, 6.07) is 5.63. The van der Waals surface area contributed by atoms with Gasteiger partial charge in [0.15, 0.2) is 11.6 Å². The van der Waals surface area contributed by atoms with E-state index in [0.717, 1.165) is 0 Å². The van der Waals surface area contributed by atoms with Crippen LogP contribution in [-0.4, -0.2) is 16.5 Å². The number of nitro benzene ring substituents is 1. The Kier molecular flexibility index (Phi) is 3.87. The van der Waals surface area contributed by atoms with E-state index < -0.39 is 4.92 Å². The van der Waals surface area contributed by atoms with Crippen LogP contribution < -0.4 is 0 Å². The Morgan fingerprint density at radius 1 is 1.12 bits per heavy atom. The summed E-state index contributed by atoms with van der Waals surface area (Å²) in [5, 5.41) is 10.4. The van der Waals surface area contributed by atoms with Gasteiger partial charge in [0.25, 0.3) is 5.69 Å². The summed E-state index contributed by atoms with van der Waals surface area (Å²) in [7, 11) is 0. The van der Waals surface area contributed by atoms with E-state index in [2.05, 4.69) is 0 Å². The van der Waals surface area contributed by atoms with Crippen LogP contribution in [0.15, 0.2) is 29.8 Å². The van der Waals surface area contributed by atoms with E-state index in [9.17, 15) is 19.7 Å². The third-order valence-electron chi connectivity index (χ3n) is 2.17. The van der Waals surface area contributed by atoms with E-state index in [-0.39, 0.29) is 22.8 Å². The van der Waals surface area contributed by atoms with E-state index in [1.807, 2.05) is 0 Å². The predicted octanol–water partition coefficient (Wildman–Crippen LogP) is 2.16. The Labute approximate surface area is 97.9 Å². The summed E-state index contributed by atoms with van der Waals surface area (Å²) in [5.41, 5.74) is 0.629. The van der Waals surface area contributed by atoms with Gasteiger partial charge in [-0.15, -0.1) is 0 Å². The molecule has 0 saturated heterocycles. The van der Waals surface area contributed by atoms with Crippen molar-refractivity contribution in [3.63, 3.8) is 0 Å². The maximum absolute atomic E-state index is 11.2. The zero-order chi connectivity index (χ0) is 13.0. The molecule has 0 aromatic heterocycles. The lowest BCUT2D eigenvalue weighted by atomic mass is 10.0. The molecule has 0 fully saturated rings. The molecule has 5 heteroatoms. The summed E-state index contributed by atoms with van der Waals surface area (Å²) in [6.07, 6.45) is 1.42. The van der Waals surface area contributed by atoms with Crippen molar-refractivity contribution in [3.05, 3.63) is 45.5 Å². The van der Waals surface area contributed by atoms with E-state index in [1.54, 1.807) is 0 Å². The van der Waals surface area contributed by atoms with Crippen molar-refractivity contribution in [2.24, 2.45) is 0 Å². The van der Waals surface area contributed by atoms with Gasteiger partial charge in [-0.2, -0.15) is 0 Å². The first kappa shape index (κ1) is 12.8. The lowest BCUT2D eigenvalue weighted by Gasteiger charge is -1.99. The van der Waals surface area contributed by atoms with E-state index in [4.69, 9.17) is 0 Å². The topological polar surface area (TPSA) is 77.3 Å². The van der Waals surface area contributed by atoms with Crippen LogP contribution in [-0.2, 0) is 9.59 Å². The highest BCUT2D eigenvalue weighted by atomic mass is 16.6. The number of nitro groups is 1. The van der Waals surface area contributed by atoms with Gasteiger partial charge in [0.1, 0.15) is 0 Å². The molecule has 17 heavy (non-hydrogen) atoms. The highest BCUT2D eigenvalue weighted by Crippen LogP contribution is 2.15. The number of carbonyl (C=O) groups excluding carboxylic acids is 2. The Bertz CT molecular complexity index is 484. The largest absolute Gasteiger partial charge is 0.294 e. The van der Waals surface area contributed by atoms with Crippen molar-refractivity contribution in [2.45, 2.75) is 13.8 Å². The van der Waals surface area contributed by atoms with E-state index in [0.29, 0.717) is 5.56 Å². The first-order chi connectivity index (χ1) is 7.91. The first-order valence-corrected chi connectivity index (χ1v) is 4.90. The lowest BCUT2D eigenvalue weighted by Crippen LogP contribution is -2.05. The number of non-ortho nitro benzene ring substituents is 1. The van der Waals surface area contributed by atoms with Crippen molar-refractivity contribution in [1.29, 1.82) is 0 Å². The standard InChI is InChI=1S/C12H11NO4/c1-8(14)12(9(2)15)7-10-3-5-11(6-4-10)13(16)17/h3-7H,1-2H3. The van der Waals surface area contributed by atoms with Gasteiger partial charge in [0.2, 0.25) is 0 Å². The zero-order valence-corrected chi connectivity index (χ0v) is 9.47. The van der Waals surface area contributed by atoms with Crippen LogP contribution in [0.25, 0.3) is 6.08 Å². The van der Waals surface area contributed by atoms with Crippen LogP contribution in [0.5, 0.6) is 0 Å². The second kappa shape index (κ2) is 5.16. The average Bonchev–Trinajstić information content (AvgIpc) is 2.25. The fraction of sp³-hybridized carbons (Fsp3) is 0.167. The minimum absolute atomic E-state index is 0.0330. The van der Waals surface area contributed by atoms with Crippen molar-refractivity contribution in [3.8, 4) is 0 Å². The SMILES string of the molecule is CC(=O)C(=Cc1ccc([N+](=O)[O-])cc1)C(C)=O. The van der Waals surface area contributed by atoms with Crippen LogP contribution >= 0.6 is 0 Å². The predicted molar refractivity (Wildman–Crippen MR) is 62.4 cm³/mol. The molecule has 0 bridgehead atoms. The zero-order valence-electron chi connectivity index (χ0n) is 9.47. The fourth-order valence-electron chi connectivity index (χ4n) is 1.31. The lowest BCUT2D eigenvalue weighted by molar-refractivity contribution is -0.384. The van der Waals surface area contributed by atoms with Crippen LogP contribution in [0.2, 0.25) is 0 Å². The molecule has 88 valence electrons. The molecule has 0 aliphatic rings. The maximum atomic E-state index is 11.2. The molecule has 0 N–H and O–H groups in total. The van der Waals surface area contributed by atoms with Gasteiger partial charge in [-0.1, -0.05) is 0 Å². The van der Waals surface area contributed by atoms with Gasteiger partial charge in [-0.25, -0.2) is 0 Å². The minimum Gasteiger partial charge on any atom is -0.294 e. The molecule has 0 saturated carbocycles. The third kappa shape index (κ3) is 3.34. The van der Waals surface area contributed by atoms with E-state index >= 15 is 0 Å². The number of rotatable bonds is 4. The Morgan fingerprint density at radius 3 is 1.94 bits per heavy atom. The van der Waals surface area contributed by atoms with Gasteiger partial charge >= 0.3 is 0 Å². The molecule has 1 rings (SSSR count). The fourth-order valence-corrected chi connectivity index (χ4v) is 1.31. The van der Waals surface area contributed by atoms with Gasteiger partial charge < -0.3 is 0 Å². The summed E-state index contributed by atoms with van der Waals surface area (Å²) in [4.78, 5) is 32.3. The van der Waals surface area contributed by atoms with Crippen LogP contribution in [0, 0.1) is 10.1 Å². The summed E-state index contributed by atoms with van der Waals surface area (Å²) >= 11 is 0. The van der Waals surface area contributed by atoms with Crippen LogP contribution in [0.4, 0.5) is 5.69 Å². The highest BCUT2D eigenvalue weighted by Gasteiger charge is 2.10. The Morgan fingerprint density at radius 2 is 1.59 bits per heavy atom. The molecule has 1 aromatic carbocycles. The third-order valence-corrected chi connectivity index (χ3v) is 2.17. The normalized spacial score (nSPS) is 9.53. The van der Waals surface area contributed by atoms with Crippen LogP contribution in [0.1, 0.15) is 19.4 Å². The summed E-state index contributed by atoms with van der Waals surface area (Å²) < 4.78 is 0. The minimum atomic E-state index is -0.510. The molecule has 0 unspecified atom stereocenters. The molecule has 0 radical (unpaired) electrons. The molecule has 0 atom stereocenters. The van der Waals surface area contributed by atoms with Crippen molar-refractivity contribution >= 4 is 23.3 Å². The molecule has 0 spiro atoms. The quantitative estimate of drug-likeness (QED) is 0.262. The number of nitrogens with zero attached hydrogens (tertiary/aromatic N) is 1. The first-order valence-electron chi connectivity index (χ1n) is 4.90. The number of hydrogen-bond donors (Lipinski definition) is 0. The number of allylic oxidation sites excluding steroid dienone is 1. The second-order valence-electron chi connectivity index (χ2n) is 3.52. The van der Waals surface area contributed by atoms with Crippen molar-refractivity contribution in [1.82, 2.24) is 0 Å². The molecule has 0 heterocycles. The number of benzene rings is 1. The number of ketones is 2. The smallest absolute Gasteiger partial charge is 0.269 e. The molecule has 0 amide bonds. The van der Waals surface area contributed by atoms with Gasteiger partial charge in [0, 0.05) is 12.1 Å². The summed E-state index contributed by atoms with van der Waals surface area (Å²) in [6.45, 7) is 2.61. The molecule has 1 aromatic rings. The summed E-state index contributed by atoms with van der Waals surface area (Å²) in [5.74, 6) is -0.647. The Balaban J connectivity index is 3.09. The molecule has 0 aliphatic heterocycles. The van der Waals surface area contributed by atoms with Crippen molar-refractivity contribution < 1.29 is 14.5 Å². The second-order valence-corrected chi connectivity index (χ2v) is 3.52. The number of hydrogen-bond acceptors (Lipinski definition) is 4. The highest BCUT2D eigenvalue weighted by molar-refractivity contribution is 6.21. The monoisotopic (exact) mass is 233 g/mol. The molecule has 5 nitrogen and oxygen atoms in total. The van der Waals surface area contributed by atoms with Gasteiger partial charge in [0.05, 0.1) is 10.5 Å². The number of carbonyl (C=O) groups is 2. The van der Waals surface area contributed by atoms with Gasteiger partial charge in [-0.3, -0.25) is 19.7 Å². The van der Waals surface area contributed by atoms with Gasteiger partial charge in [-0.05, 0) is 37.6 Å². The molecular weight excluding hydrogens is 222 g/mol. The Hall–Kier alpha value is -2.30. The van der Waals surface area contributed by atoms with E-state index in [1.165, 1.54) is 44.2 Å². The average molecular weight is 233 g/mol. The maximum Gasteiger partial charge on any atom is 0.269 e. The molecular formula is C12H11NO4. The number of Topliss-reactive ketones (excluding diaryl/α,β-unsaturated/α-hetero) is 2. The molecule has 0 aliphatic carbocycles. The van der Waals surface area contributed by atoms with Crippen LogP contribution in [0.3, 0.4) is 0 Å².